The highest BCUT2D eigenvalue weighted by molar-refractivity contribution is 5.14. The van der Waals surface area contributed by atoms with E-state index in [0.717, 1.165) is 38.4 Å². The third-order valence-corrected chi connectivity index (χ3v) is 3.45. The van der Waals surface area contributed by atoms with Crippen molar-refractivity contribution in [1.82, 2.24) is 20.2 Å². The van der Waals surface area contributed by atoms with Gasteiger partial charge >= 0.3 is 0 Å². The van der Waals surface area contributed by atoms with Crippen molar-refractivity contribution in [2.45, 2.75) is 33.5 Å². The molecule has 0 aromatic carbocycles. The van der Waals surface area contributed by atoms with Crippen molar-refractivity contribution in [3.63, 3.8) is 0 Å². The van der Waals surface area contributed by atoms with Gasteiger partial charge in [-0.3, -0.25) is 14.9 Å². The molecule has 0 fully saturated rings. The molecule has 2 rings (SSSR count). The molecule has 0 aliphatic rings. The molecule has 0 aliphatic heterocycles. The molecule has 0 unspecified atom stereocenters. The maximum atomic E-state index is 4.57. The lowest BCUT2D eigenvalue weighted by molar-refractivity contribution is 0.268. The molecule has 0 amide bonds. The predicted molar refractivity (Wildman–Crippen MR) is 85.6 cm³/mol. The van der Waals surface area contributed by atoms with E-state index in [2.05, 4.69) is 58.3 Å². The Labute approximate surface area is 127 Å². The van der Waals surface area contributed by atoms with Crippen LogP contribution in [0.3, 0.4) is 0 Å². The van der Waals surface area contributed by atoms with Gasteiger partial charge in [0.15, 0.2) is 0 Å². The lowest BCUT2D eigenvalue weighted by Gasteiger charge is -2.20. The second-order valence-electron chi connectivity index (χ2n) is 5.10. The molecule has 21 heavy (non-hydrogen) atoms. The summed E-state index contributed by atoms with van der Waals surface area (Å²) in [5.41, 5.74) is 3.64. The fraction of sp³-hybridized carbons (Fsp3) is 0.412. The molecule has 0 spiro atoms. The Morgan fingerprint density at radius 2 is 1.81 bits per heavy atom. The molecular formula is C17H24N4. The molecule has 0 saturated heterocycles. The van der Waals surface area contributed by atoms with Crippen molar-refractivity contribution in [2.24, 2.45) is 0 Å². The molecule has 2 aromatic heterocycles. The highest BCUT2D eigenvalue weighted by Crippen LogP contribution is 2.08. The minimum atomic E-state index is 0.875. The summed E-state index contributed by atoms with van der Waals surface area (Å²) in [5, 5.41) is 3.31. The average Bonchev–Trinajstić information content (AvgIpc) is 2.54. The van der Waals surface area contributed by atoms with E-state index in [0.29, 0.717) is 0 Å². The highest BCUT2D eigenvalue weighted by atomic mass is 15.1. The summed E-state index contributed by atoms with van der Waals surface area (Å²) < 4.78 is 0. The topological polar surface area (TPSA) is 41.0 Å². The summed E-state index contributed by atoms with van der Waals surface area (Å²) in [7, 11) is 0. The first-order chi connectivity index (χ1) is 10.3. The normalized spacial score (nSPS) is 11.0. The number of rotatable bonds is 8. The Bertz CT molecular complexity index is 510. The zero-order valence-electron chi connectivity index (χ0n) is 12.9. The van der Waals surface area contributed by atoms with Crippen LogP contribution in [0, 0.1) is 0 Å². The van der Waals surface area contributed by atoms with Gasteiger partial charge in [-0.1, -0.05) is 19.9 Å². The number of hydrogen-bond donors (Lipinski definition) is 1. The van der Waals surface area contributed by atoms with E-state index in [4.69, 9.17) is 0 Å². The van der Waals surface area contributed by atoms with E-state index >= 15 is 0 Å². The van der Waals surface area contributed by atoms with Gasteiger partial charge in [0, 0.05) is 38.2 Å². The fourth-order valence-corrected chi connectivity index (χ4v) is 2.18. The van der Waals surface area contributed by atoms with E-state index in [-0.39, 0.29) is 0 Å². The van der Waals surface area contributed by atoms with Gasteiger partial charge in [0.1, 0.15) is 0 Å². The minimum Gasteiger partial charge on any atom is -0.313 e. The third-order valence-electron chi connectivity index (χ3n) is 3.45. The van der Waals surface area contributed by atoms with E-state index < -0.39 is 0 Å². The Hall–Kier alpha value is -1.78. The van der Waals surface area contributed by atoms with Gasteiger partial charge in [-0.15, -0.1) is 0 Å². The molecule has 0 saturated carbocycles. The van der Waals surface area contributed by atoms with E-state index in [1.165, 1.54) is 11.1 Å². The summed E-state index contributed by atoms with van der Waals surface area (Å²) >= 11 is 0. The number of aromatic nitrogens is 2. The number of hydrogen-bond acceptors (Lipinski definition) is 4. The smallest absolute Gasteiger partial charge is 0.0544 e. The van der Waals surface area contributed by atoms with E-state index in [1.54, 1.807) is 0 Å². The molecule has 0 atom stereocenters. The molecule has 1 N–H and O–H groups in total. The lowest BCUT2D eigenvalue weighted by Crippen LogP contribution is -2.23. The lowest BCUT2D eigenvalue weighted by atomic mass is 10.2. The van der Waals surface area contributed by atoms with Crippen LogP contribution in [0.4, 0.5) is 0 Å². The van der Waals surface area contributed by atoms with Crippen LogP contribution in [-0.2, 0) is 19.6 Å². The first-order valence-corrected chi connectivity index (χ1v) is 7.57. The molecule has 2 heterocycles. The van der Waals surface area contributed by atoms with Crippen molar-refractivity contribution < 1.29 is 0 Å². The quantitative estimate of drug-likeness (QED) is 0.809. The predicted octanol–water partition coefficient (Wildman–Crippen LogP) is 2.61. The van der Waals surface area contributed by atoms with Crippen molar-refractivity contribution in [2.75, 3.05) is 13.1 Å². The molecule has 0 aliphatic carbocycles. The Balaban J connectivity index is 1.92. The monoisotopic (exact) mass is 284 g/mol. The first-order valence-electron chi connectivity index (χ1n) is 7.57. The van der Waals surface area contributed by atoms with Crippen molar-refractivity contribution in [3.05, 3.63) is 59.7 Å². The minimum absolute atomic E-state index is 0.875. The van der Waals surface area contributed by atoms with Gasteiger partial charge in [0.25, 0.3) is 0 Å². The Kier molecular flexibility index (Phi) is 6.31. The van der Waals surface area contributed by atoms with Gasteiger partial charge in [-0.25, -0.2) is 0 Å². The van der Waals surface area contributed by atoms with Crippen LogP contribution in [0.1, 0.15) is 30.7 Å². The fourth-order valence-electron chi connectivity index (χ4n) is 2.18. The summed E-state index contributed by atoms with van der Waals surface area (Å²) in [6.07, 6.45) is 5.66. The summed E-state index contributed by atoms with van der Waals surface area (Å²) in [4.78, 5) is 11.0. The highest BCUT2D eigenvalue weighted by Gasteiger charge is 2.06. The van der Waals surface area contributed by atoms with Crippen LogP contribution >= 0.6 is 0 Å². The van der Waals surface area contributed by atoms with Crippen LogP contribution in [0.25, 0.3) is 0 Å². The van der Waals surface area contributed by atoms with E-state index in [9.17, 15) is 0 Å². The van der Waals surface area contributed by atoms with Crippen molar-refractivity contribution in [3.8, 4) is 0 Å². The Morgan fingerprint density at radius 1 is 1.00 bits per heavy atom. The number of pyridine rings is 2. The van der Waals surface area contributed by atoms with Crippen molar-refractivity contribution in [1.29, 1.82) is 0 Å². The maximum Gasteiger partial charge on any atom is 0.0544 e. The SMILES string of the molecule is CCNCc1ccc(CN(CC)Cc2ccncc2)nc1. The van der Waals surface area contributed by atoms with Gasteiger partial charge in [0.2, 0.25) is 0 Å². The summed E-state index contributed by atoms with van der Waals surface area (Å²) in [6, 6.07) is 8.42. The largest absolute Gasteiger partial charge is 0.313 e. The van der Waals surface area contributed by atoms with Gasteiger partial charge in [-0.05, 0) is 42.4 Å². The van der Waals surface area contributed by atoms with Crippen LogP contribution in [0.5, 0.6) is 0 Å². The number of nitrogens with one attached hydrogen (secondary N) is 1. The third kappa shape index (κ3) is 5.25. The maximum absolute atomic E-state index is 4.57. The van der Waals surface area contributed by atoms with Crippen LogP contribution in [-0.4, -0.2) is 28.0 Å². The molecule has 4 nitrogen and oxygen atoms in total. The van der Waals surface area contributed by atoms with Crippen LogP contribution < -0.4 is 5.32 Å². The second-order valence-corrected chi connectivity index (χ2v) is 5.10. The van der Waals surface area contributed by atoms with Crippen LogP contribution in [0.15, 0.2) is 42.9 Å². The molecule has 0 radical (unpaired) electrons. The Morgan fingerprint density at radius 3 is 2.43 bits per heavy atom. The first kappa shape index (κ1) is 15.6. The van der Waals surface area contributed by atoms with Gasteiger partial charge < -0.3 is 5.32 Å². The van der Waals surface area contributed by atoms with Crippen LogP contribution in [0.2, 0.25) is 0 Å². The van der Waals surface area contributed by atoms with Gasteiger partial charge in [-0.2, -0.15) is 0 Å². The van der Waals surface area contributed by atoms with Crippen molar-refractivity contribution >= 4 is 0 Å². The standard InChI is InChI=1S/C17H24N4/c1-3-18-11-16-5-6-17(20-12-16)14-21(4-2)13-15-7-9-19-10-8-15/h5-10,12,18H,3-4,11,13-14H2,1-2H3. The molecule has 4 heteroatoms. The summed E-state index contributed by atoms with van der Waals surface area (Å²) in [6.45, 7) is 8.97. The molecule has 112 valence electrons. The second kappa shape index (κ2) is 8.49. The zero-order valence-corrected chi connectivity index (χ0v) is 12.9. The molecular weight excluding hydrogens is 260 g/mol. The average molecular weight is 284 g/mol. The number of nitrogens with zero attached hydrogens (tertiary/aromatic N) is 3. The van der Waals surface area contributed by atoms with E-state index in [1.807, 2.05) is 18.6 Å². The van der Waals surface area contributed by atoms with Gasteiger partial charge in [0.05, 0.1) is 5.69 Å². The molecule has 0 bridgehead atoms. The summed E-state index contributed by atoms with van der Waals surface area (Å²) in [5.74, 6) is 0. The zero-order chi connectivity index (χ0) is 14.9. The molecule has 2 aromatic rings.